The van der Waals surface area contributed by atoms with E-state index < -0.39 is 12.0 Å². The van der Waals surface area contributed by atoms with E-state index >= 15 is 0 Å². The second-order valence-electron chi connectivity index (χ2n) is 8.56. The molecule has 3 heterocycles. The summed E-state index contributed by atoms with van der Waals surface area (Å²) in [5.74, 6) is -0.315. The molecule has 0 spiro atoms. The van der Waals surface area contributed by atoms with Crippen molar-refractivity contribution in [3.8, 4) is 0 Å². The average Bonchev–Trinajstić information content (AvgIpc) is 3.18. The minimum Gasteiger partial charge on any atom is -0.458 e. The topological polar surface area (TPSA) is 65.5 Å². The highest BCUT2D eigenvalue weighted by atomic mass is 32.2. The third kappa shape index (κ3) is 4.91. The molecule has 1 saturated heterocycles. The summed E-state index contributed by atoms with van der Waals surface area (Å²) in [7, 11) is 2.07. The fourth-order valence-electron chi connectivity index (χ4n) is 4.32. The molecule has 0 bridgehead atoms. The maximum atomic E-state index is 13.1. The summed E-state index contributed by atoms with van der Waals surface area (Å²) in [5, 5.41) is 2.77. The molecule has 1 aromatic rings. The van der Waals surface area contributed by atoms with E-state index in [1.165, 1.54) is 11.8 Å². The molecule has 1 amide bonds. The maximum Gasteiger partial charge on any atom is 0.338 e. The van der Waals surface area contributed by atoms with Gasteiger partial charge in [-0.3, -0.25) is 4.79 Å². The van der Waals surface area contributed by atoms with Gasteiger partial charge in [-0.15, -0.1) is 0 Å². The Balaban J connectivity index is 1.66. The standard InChI is InChI=1S/C25H30N4O3S/c1-5-13-32-24(31)22-18(3)26-25-29(23(22)19-8-6-7-17(2)14-19)20(16-33-25)15-21(30)28-11-9-27(4)10-12-28/h5-8,14,16,23H,1,9-13,15H2,2-4H3. The van der Waals surface area contributed by atoms with Crippen molar-refractivity contribution >= 4 is 28.8 Å². The van der Waals surface area contributed by atoms with Crippen LogP contribution in [-0.4, -0.2) is 71.6 Å². The number of likely N-dealkylation sites (N-methyl/N-ethyl adjacent to an activating group) is 1. The van der Waals surface area contributed by atoms with E-state index in [2.05, 4.69) is 24.6 Å². The van der Waals surface area contributed by atoms with Crippen LogP contribution in [0.2, 0.25) is 0 Å². The number of hydrogen-bond acceptors (Lipinski definition) is 7. The van der Waals surface area contributed by atoms with Crippen LogP contribution < -0.4 is 0 Å². The number of esters is 1. The second-order valence-corrected chi connectivity index (χ2v) is 9.39. The van der Waals surface area contributed by atoms with Crippen molar-refractivity contribution in [2.24, 2.45) is 4.99 Å². The molecule has 0 radical (unpaired) electrons. The number of amidine groups is 1. The van der Waals surface area contributed by atoms with E-state index in [9.17, 15) is 9.59 Å². The molecule has 8 heteroatoms. The van der Waals surface area contributed by atoms with E-state index in [-0.39, 0.29) is 18.9 Å². The van der Waals surface area contributed by atoms with Gasteiger partial charge in [0.05, 0.1) is 23.7 Å². The number of carbonyl (C=O) groups is 2. The van der Waals surface area contributed by atoms with Crippen molar-refractivity contribution in [1.29, 1.82) is 0 Å². The molecule has 1 unspecified atom stereocenters. The fourth-order valence-corrected chi connectivity index (χ4v) is 5.29. The van der Waals surface area contributed by atoms with Crippen molar-refractivity contribution in [2.75, 3.05) is 39.8 Å². The lowest BCUT2D eigenvalue weighted by Crippen LogP contribution is -2.47. The number of thioether (sulfide) groups is 1. The first-order chi connectivity index (χ1) is 15.9. The summed E-state index contributed by atoms with van der Waals surface area (Å²) < 4.78 is 5.44. The van der Waals surface area contributed by atoms with Gasteiger partial charge in [0, 0.05) is 31.9 Å². The van der Waals surface area contributed by atoms with Gasteiger partial charge in [0.15, 0.2) is 5.17 Å². The minimum absolute atomic E-state index is 0.0984. The smallest absolute Gasteiger partial charge is 0.338 e. The quantitative estimate of drug-likeness (QED) is 0.473. The maximum absolute atomic E-state index is 13.1. The normalized spacial score (nSPS) is 20.9. The molecule has 3 aliphatic rings. The number of hydrogen-bond donors (Lipinski definition) is 0. The van der Waals surface area contributed by atoms with Gasteiger partial charge in [-0.05, 0) is 31.9 Å². The van der Waals surface area contributed by atoms with E-state index in [0.717, 1.165) is 48.2 Å². The number of aliphatic imine (C=N–C) groups is 1. The number of benzene rings is 1. The number of ether oxygens (including phenoxy) is 1. The fraction of sp³-hybridized carbons (Fsp3) is 0.400. The van der Waals surface area contributed by atoms with Crippen molar-refractivity contribution in [1.82, 2.24) is 14.7 Å². The summed E-state index contributed by atoms with van der Waals surface area (Å²) in [6.07, 6.45) is 1.82. The highest BCUT2D eigenvalue weighted by Gasteiger charge is 2.41. The number of aryl methyl sites for hydroxylation is 1. The molecule has 3 aliphatic heterocycles. The Bertz CT molecular complexity index is 1050. The Labute approximate surface area is 199 Å². The molecule has 1 fully saturated rings. The lowest BCUT2D eigenvalue weighted by Gasteiger charge is -2.37. The number of rotatable bonds is 6. The van der Waals surface area contributed by atoms with Gasteiger partial charge in [0.2, 0.25) is 5.91 Å². The number of allylic oxidation sites excluding steroid dienone is 1. The van der Waals surface area contributed by atoms with Crippen molar-refractivity contribution < 1.29 is 14.3 Å². The number of carbonyl (C=O) groups excluding carboxylic acids is 2. The van der Waals surface area contributed by atoms with Crippen molar-refractivity contribution in [3.63, 3.8) is 0 Å². The first kappa shape index (κ1) is 23.3. The highest BCUT2D eigenvalue weighted by Crippen LogP contribution is 2.45. The lowest BCUT2D eigenvalue weighted by atomic mass is 9.93. The van der Waals surface area contributed by atoms with Crippen LogP contribution in [0.3, 0.4) is 0 Å². The SMILES string of the molecule is C=CCOC(=O)C1=C(C)N=C2SC=C(CC(=O)N3CCN(C)CC3)N2C1c1cccc(C)c1. The molecule has 174 valence electrons. The van der Waals surface area contributed by atoms with Gasteiger partial charge < -0.3 is 19.4 Å². The molecule has 0 aromatic heterocycles. The zero-order valence-corrected chi connectivity index (χ0v) is 20.2. The summed E-state index contributed by atoms with van der Waals surface area (Å²) in [4.78, 5) is 37.1. The first-order valence-corrected chi connectivity index (χ1v) is 12.0. The summed E-state index contributed by atoms with van der Waals surface area (Å²) in [5.41, 5.74) is 4.04. The number of amides is 1. The molecule has 0 N–H and O–H groups in total. The van der Waals surface area contributed by atoms with Gasteiger partial charge in [-0.1, -0.05) is 54.2 Å². The zero-order chi connectivity index (χ0) is 23.5. The van der Waals surface area contributed by atoms with Crippen LogP contribution in [0.25, 0.3) is 0 Å². The Morgan fingerprint density at radius 2 is 2.00 bits per heavy atom. The van der Waals surface area contributed by atoms with E-state index in [0.29, 0.717) is 11.3 Å². The van der Waals surface area contributed by atoms with Crippen LogP contribution >= 0.6 is 11.8 Å². The monoisotopic (exact) mass is 466 g/mol. The van der Waals surface area contributed by atoms with Crippen LogP contribution in [0.5, 0.6) is 0 Å². The van der Waals surface area contributed by atoms with Gasteiger partial charge in [-0.2, -0.15) is 0 Å². The Morgan fingerprint density at radius 3 is 2.70 bits per heavy atom. The van der Waals surface area contributed by atoms with Gasteiger partial charge in [0.25, 0.3) is 0 Å². The molecule has 0 aliphatic carbocycles. The predicted molar refractivity (Wildman–Crippen MR) is 131 cm³/mol. The molecule has 4 rings (SSSR count). The third-order valence-corrected chi connectivity index (χ3v) is 6.99. The van der Waals surface area contributed by atoms with E-state index in [4.69, 9.17) is 9.73 Å². The molecule has 1 aromatic carbocycles. The van der Waals surface area contributed by atoms with Gasteiger partial charge in [0.1, 0.15) is 6.61 Å². The average molecular weight is 467 g/mol. The predicted octanol–water partition coefficient (Wildman–Crippen LogP) is 3.46. The van der Waals surface area contributed by atoms with Crippen molar-refractivity contribution in [3.05, 3.63) is 70.4 Å². The van der Waals surface area contributed by atoms with E-state index in [1.54, 1.807) is 6.08 Å². The molecular formula is C25H30N4O3S. The van der Waals surface area contributed by atoms with E-state index in [1.807, 2.05) is 47.3 Å². The molecule has 7 nitrogen and oxygen atoms in total. The van der Waals surface area contributed by atoms with Gasteiger partial charge in [-0.25, -0.2) is 9.79 Å². The summed E-state index contributed by atoms with van der Waals surface area (Å²) in [6, 6.07) is 7.69. The Hall–Kier alpha value is -2.84. The van der Waals surface area contributed by atoms with Crippen LogP contribution in [-0.2, 0) is 14.3 Å². The third-order valence-electron chi connectivity index (χ3n) is 6.10. The van der Waals surface area contributed by atoms with Gasteiger partial charge >= 0.3 is 5.97 Å². The van der Waals surface area contributed by atoms with Crippen LogP contribution in [0.15, 0.2) is 64.3 Å². The minimum atomic E-state index is -0.414. The Kier molecular flexibility index (Phi) is 7.05. The number of nitrogens with zero attached hydrogens (tertiary/aromatic N) is 4. The highest BCUT2D eigenvalue weighted by molar-refractivity contribution is 8.16. The molecular weight excluding hydrogens is 436 g/mol. The largest absolute Gasteiger partial charge is 0.458 e. The first-order valence-electron chi connectivity index (χ1n) is 11.1. The molecule has 33 heavy (non-hydrogen) atoms. The van der Waals surface area contributed by atoms with Crippen molar-refractivity contribution in [2.45, 2.75) is 26.3 Å². The lowest BCUT2D eigenvalue weighted by molar-refractivity contribution is -0.138. The number of piperazine rings is 1. The second kappa shape index (κ2) is 9.97. The summed E-state index contributed by atoms with van der Waals surface area (Å²) in [6.45, 7) is 10.9. The number of fused-ring (bicyclic) bond motifs is 1. The molecule has 1 atom stereocenters. The summed E-state index contributed by atoms with van der Waals surface area (Å²) >= 11 is 1.49. The van der Waals surface area contributed by atoms with Crippen LogP contribution in [0.4, 0.5) is 0 Å². The van der Waals surface area contributed by atoms with Crippen LogP contribution in [0, 0.1) is 6.92 Å². The zero-order valence-electron chi connectivity index (χ0n) is 19.4. The molecule has 0 saturated carbocycles. The Morgan fingerprint density at radius 1 is 1.24 bits per heavy atom. The van der Waals surface area contributed by atoms with Crippen LogP contribution in [0.1, 0.15) is 30.5 Å².